The lowest BCUT2D eigenvalue weighted by Gasteiger charge is -2.07. The molecule has 8 heteroatoms. The molecule has 1 heterocycles. The van der Waals surface area contributed by atoms with Crippen molar-refractivity contribution in [1.82, 2.24) is 15.0 Å². The zero-order valence-corrected chi connectivity index (χ0v) is 17.1. The number of hydrogen-bond acceptors (Lipinski definition) is 5. The second kappa shape index (κ2) is 8.95. The number of rotatable bonds is 8. The predicted molar refractivity (Wildman–Crippen MR) is 107 cm³/mol. The SMILES string of the molecule is CCNS(=O)(=O)c1ccc(C(=O)NCCCc2nc3c(s2)CCCC3)cc1. The lowest BCUT2D eigenvalue weighted by atomic mass is 10.0. The summed E-state index contributed by atoms with van der Waals surface area (Å²) in [4.78, 5) is 18.5. The first-order valence-corrected chi connectivity index (χ1v) is 11.6. The van der Waals surface area contributed by atoms with Gasteiger partial charge in [-0.15, -0.1) is 11.3 Å². The van der Waals surface area contributed by atoms with Crippen LogP contribution in [0.3, 0.4) is 0 Å². The predicted octanol–water partition coefficient (Wildman–Crippen LogP) is 2.68. The number of carbonyl (C=O) groups is 1. The summed E-state index contributed by atoms with van der Waals surface area (Å²) < 4.78 is 26.3. The summed E-state index contributed by atoms with van der Waals surface area (Å²) in [7, 11) is -3.49. The number of fused-ring (bicyclic) bond motifs is 1. The number of aryl methyl sites for hydroxylation is 3. The van der Waals surface area contributed by atoms with Crippen molar-refractivity contribution >= 4 is 27.3 Å². The van der Waals surface area contributed by atoms with Crippen LogP contribution in [0.1, 0.15) is 52.1 Å². The third kappa shape index (κ3) is 5.15. The van der Waals surface area contributed by atoms with Crippen LogP contribution in [-0.2, 0) is 29.3 Å². The first kappa shape index (κ1) is 20.0. The van der Waals surface area contributed by atoms with Crippen molar-refractivity contribution in [1.29, 1.82) is 0 Å². The third-order valence-corrected chi connectivity index (χ3v) is 7.28. The van der Waals surface area contributed by atoms with Crippen molar-refractivity contribution in [3.05, 3.63) is 45.4 Å². The monoisotopic (exact) mass is 407 g/mol. The average molecular weight is 408 g/mol. The first-order valence-electron chi connectivity index (χ1n) is 9.35. The molecule has 1 aliphatic carbocycles. The van der Waals surface area contributed by atoms with Gasteiger partial charge in [0.2, 0.25) is 10.0 Å². The van der Waals surface area contributed by atoms with E-state index in [0.717, 1.165) is 30.7 Å². The van der Waals surface area contributed by atoms with Crippen molar-refractivity contribution in [2.75, 3.05) is 13.1 Å². The van der Waals surface area contributed by atoms with Crippen molar-refractivity contribution in [2.45, 2.75) is 50.3 Å². The maximum atomic E-state index is 12.2. The van der Waals surface area contributed by atoms with E-state index < -0.39 is 10.0 Å². The number of aromatic nitrogens is 1. The first-order chi connectivity index (χ1) is 13.0. The molecule has 3 rings (SSSR count). The summed E-state index contributed by atoms with van der Waals surface area (Å²) in [6.45, 7) is 2.62. The minimum atomic E-state index is -3.49. The molecule has 0 fully saturated rings. The van der Waals surface area contributed by atoms with E-state index in [9.17, 15) is 13.2 Å². The van der Waals surface area contributed by atoms with Gasteiger partial charge in [0.15, 0.2) is 0 Å². The van der Waals surface area contributed by atoms with Crippen molar-refractivity contribution in [3.8, 4) is 0 Å². The molecule has 1 amide bonds. The highest BCUT2D eigenvalue weighted by Crippen LogP contribution is 2.27. The minimum Gasteiger partial charge on any atom is -0.352 e. The number of benzene rings is 1. The van der Waals surface area contributed by atoms with Crippen LogP contribution in [0.4, 0.5) is 0 Å². The Labute approximate surface area is 164 Å². The molecule has 27 heavy (non-hydrogen) atoms. The van der Waals surface area contributed by atoms with Gasteiger partial charge >= 0.3 is 0 Å². The minimum absolute atomic E-state index is 0.161. The fourth-order valence-corrected chi connectivity index (χ4v) is 5.35. The van der Waals surface area contributed by atoms with E-state index in [2.05, 4.69) is 10.0 Å². The van der Waals surface area contributed by atoms with Gasteiger partial charge in [0.25, 0.3) is 5.91 Å². The van der Waals surface area contributed by atoms with Crippen LogP contribution in [-0.4, -0.2) is 32.4 Å². The zero-order valence-electron chi connectivity index (χ0n) is 15.5. The summed E-state index contributed by atoms with van der Waals surface area (Å²) in [6.07, 6.45) is 6.47. The largest absolute Gasteiger partial charge is 0.352 e. The molecule has 0 atom stereocenters. The second-order valence-corrected chi connectivity index (χ2v) is 9.50. The smallest absolute Gasteiger partial charge is 0.251 e. The van der Waals surface area contributed by atoms with E-state index in [1.165, 1.54) is 47.7 Å². The Bertz CT molecular complexity index is 866. The molecule has 2 N–H and O–H groups in total. The Balaban J connectivity index is 1.47. The van der Waals surface area contributed by atoms with Crippen LogP contribution in [0.5, 0.6) is 0 Å². The van der Waals surface area contributed by atoms with Crippen LogP contribution in [0.15, 0.2) is 29.2 Å². The number of carbonyl (C=O) groups excluding carboxylic acids is 1. The fraction of sp³-hybridized carbons (Fsp3) is 0.474. The van der Waals surface area contributed by atoms with Gasteiger partial charge in [0.05, 0.1) is 15.6 Å². The Kier molecular flexibility index (Phi) is 6.62. The summed E-state index contributed by atoms with van der Waals surface area (Å²) >= 11 is 1.81. The number of amides is 1. The van der Waals surface area contributed by atoms with Crippen molar-refractivity contribution in [2.24, 2.45) is 0 Å². The molecule has 0 bridgehead atoms. The Morgan fingerprint density at radius 3 is 2.63 bits per heavy atom. The van der Waals surface area contributed by atoms with Crippen LogP contribution < -0.4 is 10.0 Å². The quantitative estimate of drug-likeness (QED) is 0.659. The van der Waals surface area contributed by atoms with Crippen LogP contribution in [0.2, 0.25) is 0 Å². The van der Waals surface area contributed by atoms with Crippen LogP contribution in [0.25, 0.3) is 0 Å². The Morgan fingerprint density at radius 1 is 1.19 bits per heavy atom. The number of thiazole rings is 1. The molecule has 0 aliphatic heterocycles. The van der Waals surface area contributed by atoms with Crippen LogP contribution in [0, 0.1) is 0 Å². The molecular formula is C19H25N3O3S2. The molecule has 0 radical (unpaired) electrons. The number of nitrogens with zero attached hydrogens (tertiary/aromatic N) is 1. The van der Waals surface area contributed by atoms with Crippen molar-refractivity contribution in [3.63, 3.8) is 0 Å². The topological polar surface area (TPSA) is 88.2 Å². The molecule has 0 spiro atoms. The summed E-state index contributed by atoms with van der Waals surface area (Å²) in [5.41, 5.74) is 1.73. The maximum Gasteiger partial charge on any atom is 0.251 e. The third-order valence-electron chi connectivity index (χ3n) is 4.50. The van der Waals surface area contributed by atoms with Gasteiger partial charge < -0.3 is 5.32 Å². The number of hydrogen-bond donors (Lipinski definition) is 2. The highest BCUT2D eigenvalue weighted by atomic mass is 32.2. The van der Waals surface area contributed by atoms with Gasteiger partial charge in [-0.1, -0.05) is 6.92 Å². The van der Waals surface area contributed by atoms with E-state index in [4.69, 9.17) is 4.98 Å². The van der Waals surface area contributed by atoms with Gasteiger partial charge in [-0.05, 0) is 56.4 Å². The molecule has 1 aliphatic rings. The van der Waals surface area contributed by atoms with E-state index in [1.54, 1.807) is 6.92 Å². The summed E-state index contributed by atoms with van der Waals surface area (Å²) in [6, 6.07) is 5.98. The molecule has 0 unspecified atom stereocenters. The van der Waals surface area contributed by atoms with Gasteiger partial charge in [-0.2, -0.15) is 0 Å². The second-order valence-electron chi connectivity index (χ2n) is 6.57. The fourth-order valence-electron chi connectivity index (χ4n) is 3.11. The Hall–Kier alpha value is -1.77. The van der Waals surface area contributed by atoms with E-state index in [0.29, 0.717) is 18.7 Å². The average Bonchev–Trinajstić information content (AvgIpc) is 3.08. The van der Waals surface area contributed by atoms with E-state index in [-0.39, 0.29) is 10.8 Å². The molecular weight excluding hydrogens is 382 g/mol. The van der Waals surface area contributed by atoms with Crippen molar-refractivity contribution < 1.29 is 13.2 Å². The summed E-state index contributed by atoms with van der Waals surface area (Å²) in [5, 5.41) is 4.05. The molecule has 2 aromatic rings. The molecule has 0 saturated heterocycles. The standard InChI is InChI=1S/C19H25N3O3S2/c1-2-21-27(24,25)15-11-9-14(10-12-15)19(23)20-13-5-8-18-22-16-6-3-4-7-17(16)26-18/h9-12,21H,2-8,13H2,1H3,(H,20,23). The molecule has 1 aromatic heterocycles. The molecule has 6 nitrogen and oxygen atoms in total. The van der Waals surface area contributed by atoms with Crippen LogP contribution >= 0.6 is 11.3 Å². The van der Waals surface area contributed by atoms with E-state index in [1.807, 2.05) is 11.3 Å². The Morgan fingerprint density at radius 2 is 1.93 bits per heavy atom. The molecule has 146 valence electrons. The van der Waals surface area contributed by atoms with Gasteiger partial charge in [0.1, 0.15) is 0 Å². The number of sulfonamides is 1. The highest BCUT2D eigenvalue weighted by Gasteiger charge is 2.15. The molecule has 1 aromatic carbocycles. The summed E-state index contributed by atoms with van der Waals surface area (Å²) in [5.74, 6) is -0.194. The normalized spacial score (nSPS) is 14.0. The lowest BCUT2D eigenvalue weighted by Crippen LogP contribution is -2.25. The lowest BCUT2D eigenvalue weighted by molar-refractivity contribution is 0.0953. The maximum absolute atomic E-state index is 12.2. The molecule has 0 saturated carbocycles. The van der Waals surface area contributed by atoms with Gasteiger partial charge in [0, 0.05) is 30.0 Å². The number of nitrogens with one attached hydrogen (secondary N) is 2. The zero-order chi connectivity index (χ0) is 19.3. The van der Waals surface area contributed by atoms with Gasteiger partial charge in [-0.25, -0.2) is 18.1 Å². The van der Waals surface area contributed by atoms with Gasteiger partial charge in [-0.3, -0.25) is 4.79 Å². The highest BCUT2D eigenvalue weighted by molar-refractivity contribution is 7.89. The van der Waals surface area contributed by atoms with E-state index >= 15 is 0 Å².